The molecule has 0 saturated heterocycles. The average Bonchev–Trinajstić information content (AvgIpc) is 2.76. The van der Waals surface area contributed by atoms with Gasteiger partial charge in [-0.1, -0.05) is 0 Å². The Labute approximate surface area is 96.7 Å². The molecule has 17 heavy (non-hydrogen) atoms. The van der Waals surface area contributed by atoms with E-state index in [1.807, 2.05) is 6.07 Å². The Kier molecular flexibility index (Phi) is 2.01. The molecule has 2 heterocycles. The molecule has 0 aliphatic heterocycles. The summed E-state index contributed by atoms with van der Waals surface area (Å²) in [4.78, 5) is 30.2. The summed E-state index contributed by atoms with van der Waals surface area (Å²) >= 11 is 0. The smallest absolute Gasteiger partial charge is 0.186 e. The van der Waals surface area contributed by atoms with Gasteiger partial charge in [0.1, 0.15) is 5.65 Å². The van der Waals surface area contributed by atoms with Crippen LogP contribution in [0.3, 0.4) is 0 Å². The van der Waals surface area contributed by atoms with Gasteiger partial charge in [0, 0.05) is 28.9 Å². The molecular formula is C13H8N2O2. The van der Waals surface area contributed by atoms with Gasteiger partial charge >= 0.3 is 0 Å². The number of nitrogens with one attached hydrogen (secondary N) is 1. The fraction of sp³-hybridized carbons (Fsp3) is 0. The Morgan fingerprint density at radius 1 is 1.18 bits per heavy atom. The van der Waals surface area contributed by atoms with Gasteiger partial charge in [-0.2, -0.15) is 0 Å². The van der Waals surface area contributed by atoms with Crippen LogP contribution in [-0.2, 0) is 9.59 Å². The van der Waals surface area contributed by atoms with Crippen molar-refractivity contribution in [1.29, 1.82) is 0 Å². The van der Waals surface area contributed by atoms with Crippen LogP contribution in [0.5, 0.6) is 0 Å². The predicted octanol–water partition coefficient (Wildman–Crippen LogP) is 1.65. The fourth-order valence-corrected chi connectivity index (χ4v) is 1.90. The van der Waals surface area contributed by atoms with E-state index in [2.05, 4.69) is 9.97 Å². The molecule has 0 atom stereocenters. The number of H-pyrrole nitrogens is 1. The van der Waals surface area contributed by atoms with Crippen molar-refractivity contribution in [3.63, 3.8) is 0 Å². The molecule has 0 bridgehead atoms. The third kappa shape index (κ3) is 1.50. The van der Waals surface area contributed by atoms with Gasteiger partial charge in [-0.05, 0) is 30.4 Å². The predicted molar refractivity (Wildman–Crippen MR) is 63.2 cm³/mol. The van der Waals surface area contributed by atoms with E-state index in [0.717, 1.165) is 10.9 Å². The number of aromatic amines is 1. The molecule has 0 amide bonds. The summed E-state index contributed by atoms with van der Waals surface area (Å²) in [5, 5.41) is 0.843. The molecular weight excluding hydrogens is 216 g/mol. The Balaban J connectivity index is 2.22. The number of pyridine rings is 1. The molecule has 0 aromatic carbocycles. The van der Waals surface area contributed by atoms with Crippen LogP contribution in [0.2, 0.25) is 0 Å². The second-order valence-electron chi connectivity index (χ2n) is 3.76. The monoisotopic (exact) mass is 224 g/mol. The minimum absolute atomic E-state index is 0.158. The van der Waals surface area contributed by atoms with Gasteiger partial charge in [0.15, 0.2) is 11.6 Å². The van der Waals surface area contributed by atoms with E-state index in [1.165, 1.54) is 18.2 Å². The largest absolute Gasteiger partial charge is 0.346 e. The number of carbonyl (C=O) groups is 2. The summed E-state index contributed by atoms with van der Waals surface area (Å²) in [6.07, 6.45) is 7.31. The summed E-state index contributed by atoms with van der Waals surface area (Å²) in [5.41, 5.74) is 1.84. The molecule has 0 fully saturated rings. The second-order valence-corrected chi connectivity index (χ2v) is 3.76. The first kappa shape index (κ1) is 9.72. The number of hydrogen-bond acceptors (Lipinski definition) is 3. The maximum atomic E-state index is 11.7. The van der Waals surface area contributed by atoms with Crippen molar-refractivity contribution in [3.8, 4) is 0 Å². The number of fused-ring (bicyclic) bond motifs is 1. The lowest BCUT2D eigenvalue weighted by molar-refractivity contribution is -0.113. The number of hydrogen-bond donors (Lipinski definition) is 1. The first-order valence-corrected chi connectivity index (χ1v) is 5.16. The van der Waals surface area contributed by atoms with E-state index in [-0.39, 0.29) is 11.6 Å². The van der Waals surface area contributed by atoms with Gasteiger partial charge in [0.2, 0.25) is 0 Å². The van der Waals surface area contributed by atoms with E-state index in [4.69, 9.17) is 0 Å². The fourth-order valence-electron chi connectivity index (χ4n) is 1.90. The van der Waals surface area contributed by atoms with Crippen LogP contribution < -0.4 is 0 Å². The highest BCUT2D eigenvalue weighted by molar-refractivity contribution is 6.35. The molecule has 2 aromatic heterocycles. The van der Waals surface area contributed by atoms with Gasteiger partial charge in [-0.15, -0.1) is 0 Å². The van der Waals surface area contributed by atoms with Crippen LogP contribution in [0.25, 0.3) is 16.6 Å². The molecule has 4 nitrogen and oxygen atoms in total. The third-order valence-electron chi connectivity index (χ3n) is 2.69. The summed E-state index contributed by atoms with van der Waals surface area (Å²) < 4.78 is 0. The van der Waals surface area contributed by atoms with E-state index >= 15 is 0 Å². The van der Waals surface area contributed by atoms with E-state index < -0.39 is 0 Å². The quantitative estimate of drug-likeness (QED) is 0.749. The number of nitrogens with zero attached hydrogens (tertiary/aromatic N) is 1. The first-order chi connectivity index (χ1) is 8.25. The lowest BCUT2D eigenvalue weighted by Crippen LogP contribution is -2.06. The van der Waals surface area contributed by atoms with Crippen molar-refractivity contribution >= 4 is 28.2 Å². The van der Waals surface area contributed by atoms with Crippen LogP contribution in [0.1, 0.15) is 5.56 Å². The molecule has 0 radical (unpaired) electrons. The van der Waals surface area contributed by atoms with E-state index in [1.54, 1.807) is 18.5 Å². The molecule has 0 saturated carbocycles. The number of rotatable bonds is 1. The van der Waals surface area contributed by atoms with Crippen molar-refractivity contribution in [2.24, 2.45) is 0 Å². The summed E-state index contributed by atoms with van der Waals surface area (Å²) in [7, 11) is 0. The number of allylic oxidation sites excluding steroid dienone is 4. The topological polar surface area (TPSA) is 62.8 Å². The zero-order chi connectivity index (χ0) is 11.8. The normalized spacial score (nSPS) is 15.4. The van der Waals surface area contributed by atoms with E-state index in [9.17, 15) is 9.59 Å². The molecule has 1 N–H and O–H groups in total. The highest BCUT2D eigenvalue weighted by Crippen LogP contribution is 2.26. The van der Waals surface area contributed by atoms with Crippen molar-refractivity contribution in [2.45, 2.75) is 0 Å². The molecule has 0 spiro atoms. The molecule has 3 rings (SSSR count). The van der Waals surface area contributed by atoms with Crippen molar-refractivity contribution in [3.05, 3.63) is 48.3 Å². The number of ketones is 2. The van der Waals surface area contributed by atoms with Gasteiger partial charge in [-0.3, -0.25) is 9.59 Å². The molecule has 2 aromatic rings. The third-order valence-corrected chi connectivity index (χ3v) is 2.69. The van der Waals surface area contributed by atoms with E-state index in [0.29, 0.717) is 11.2 Å². The highest BCUT2D eigenvalue weighted by Gasteiger charge is 2.18. The van der Waals surface area contributed by atoms with Crippen LogP contribution >= 0.6 is 0 Å². The summed E-state index contributed by atoms with van der Waals surface area (Å²) in [6.45, 7) is 0. The summed E-state index contributed by atoms with van der Waals surface area (Å²) in [6, 6.07) is 3.66. The Hall–Kier alpha value is -2.49. The average molecular weight is 224 g/mol. The lowest BCUT2D eigenvalue weighted by Gasteiger charge is -2.04. The zero-order valence-electron chi connectivity index (χ0n) is 8.81. The first-order valence-electron chi connectivity index (χ1n) is 5.16. The van der Waals surface area contributed by atoms with Gasteiger partial charge in [0.25, 0.3) is 0 Å². The number of aromatic nitrogens is 2. The SMILES string of the molecule is O=C1C=CC(=O)C(c2c[nH]c3ncccc23)=C1. The molecule has 4 heteroatoms. The van der Waals surface area contributed by atoms with Gasteiger partial charge in [0.05, 0.1) is 0 Å². The highest BCUT2D eigenvalue weighted by atomic mass is 16.1. The minimum atomic E-state index is -0.169. The maximum Gasteiger partial charge on any atom is 0.186 e. The van der Waals surface area contributed by atoms with Crippen LogP contribution in [-0.4, -0.2) is 21.5 Å². The standard InChI is InChI=1S/C13H8N2O2/c16-8-3-4-12(17)10(6-8)11-7-15-13-9(11)2-1-5-14-13/h1-7H,(H,14,15). The molecule has 1 aliphatic rings. The number of carbonyl (C=O) groups excluding carboxylic acids is 2. The van der Waals surface area contributed by atoms with Gasteiger partial charge < -0.3 is 4.98 Å². The lowest BCUT2D eigenvalue weighted by atomic mass is 9.96. The Bertz CT molecular complexity index is 692. The van der Waals surface area contributed by atoms with Crippen LogP contribution in [0.15, 0.2) is 42.8 Å². The van der Waals surface area contributed by atoms with Crippen LogP contribution in [0.4, 0.5) is 0 Å². The molecule has 82 valence electrons. The zero-order valence-corrected chi connectivity index (χ0v) is 8.81. The van der Waals surface area contributed by atoms with Gasteiger partial charge in [-0.25, -0.2) is 4.98 Å². The van der Waals surface area contributed by atoms with Crippen molar-refractivity contribution < 1.29 is 9.59 Å². The summed E-state index contributed by atoms with van der Waals surface area (Å²) in [5.74, 6) is -0.327. The Morgan fingerprint density at radius 3 is 2.94 bits per heavy atom. The second kappa shape index (κ2) is 3.52. The minimum Gasteiger partial charge on any atom is -0.346 e. The maximum absolute atomic E-state index is 11.7. The van der Waals surface area contributed by atoms with Crippen molar-refractivity contribution in [1.82, 2.24) is 9.97 Å². The van der Waals surface area contributed by atoms with Crippen LogP contribution in [0, 0.1) is 0 Å². The molecule has 0 unspecified atom stereocenters. The van der Waals surface area contributed by atoms with Crippen molar-refractivity contribution in [2.75, 3.05) is 0 Å². The Morgan fingerprint density at radius 2 is 2.06 bits per heavy atom. The molecule has 1 aliphatic carbocycles.